The van der Waals surface area contributed by atoms with Gasteiger partial charge in [-0.05, 0) is 54.5 Å². The van der Waals surface area contributed by atoms with Crippen molar-refractivity contribution in [2.75, 3.05) is 0 Å². The van der Waals surface area contributed by atoms with Gasteiger partial charge in [0, 0.05) is 17.1 Å². The van der Waals surface area contributed by atoms with E-state index in [1.54, 1.807) is 25.1 Å². The van der Waals surface area contributed by atoms with Gasteiger partial charge in [-0.3, -0.25) is 0 Å². The quantitative estimate of drug-likeness (QED) is 0.398. The molecule has 0 amide bonds. The van der Waals surface area contributed by atoms with Gasteiger partial charge in [0.15, 0.2) is 0 Å². The van der Waals surface area contributed by atoms with Crippen molar-refractivity contribution < 1.29 is 18.0 Å². The van der Waals surface area contributed by atoms with Crippen molar-refractivity contribution in [1.29, 1.82) is 0 Å². The molecule has 0 aromatic heterocycles. The zero-order chi connectivity index (χ0) is 21.7. The number of rotatable bonds is 6. The molecular weight excluding hydrogens is 413 g/mol. The Labute approximate surface area is 180 Å². The first kappa shape index (κ1) is 22.6. The van der Waals surface area contributed by atoms with Crippen molar-refractivity contribution in [2.24, 2.45) is 10.9 Å². The maximum Gasteiger partial charge on any atom is 0.416 e. The van der Waals surface area contributed by atoms with E-state index >= 15 is 0 Å². The third kappa shape index (κ3) is 5.55. The smallest absolute Gasteiger partial charge is 0.391 e. The van der Waals surface area contributed by atoms with E-state index in [4.69, 9.17) is 22.2 Å². The van der Waals surface area contributed by atoms with Crippen LogP contribution in [0, 0.1) is 0 Å². The minimum absolute atomic E-state index is 0.0214. The van der Waals surface area contributed by atoms with Crippen molar-refractivity contribution in [3.63, 3.8) is 0 Å². The highest BCUT2D eigenvalue weighted by Gasteiger charge is 2.35. The predicted octanol–water partition coefficient (Wildman–Crippen LogP) is 6.81. The average Bonchev–Trinajstić information content (AvgIpc) is 2.73. The Morgan fingerprint density at radius 1 is 1.13 bits per heavy atom. The van der Waals surface area contributed by atoms with Crippen LogP contribution in [-0.4, -0.2) is 5.71 Å². The first-order chi connectivity index (χ1) is 14.3. The molecule has 7 heteroatoms. The SMILES string of the molecule is CC(=NOCc1ccc(C2CCCCC2)c(C(F)(F)F)c1)c1ccc(CN)c(Cl)c1. The number of hydrogen-bond donors (Lipinski definition) is 1. The average molecular weight is 439 g/mol. The Morgan fingerprint density at radius 3 is 2.50 bits per heavy atom. The molecule has 1 saturated carbocycles. The van der Waals surface area contributed by atoms with Gasteiger partial charge in [0.1, 0.15) is 6.61 Å². The number of hydrogen-bond acceptors (Lipinski definition) is 3. The first-order valence-electron chi connectivity index (χ1n) is 10.1. The minimum Gasteiger partial charge on any atom is -0.391 e. The van der Waals surface area contributed by atoms with Crippen LogP contribution in [-0.2, 0) is 24.2 Å². The molecule has 2 aromatic carbocycles. The summed E-state index contributed by atoms with van der Waals surface area (Å²) in [4.78, 5) is 5.34. The summed E-state index contributed by atoms with van der Waals surface area (Å²) in [6.07, 6.45) is 0.306. The number of nitrogens with two attached hydrogens (primary N) is 1. The summed E-state index contributed by atoms with van der Waals surface area (Å²) >= 11 is 6.16. The number of benzene rings is 2. The van der Waals surface area contributed by atoms with Crippen molar-refractivity contribution in [2.45, 2.75) is 64.3 Å². The van der Waals surface area contributed by atoms with E-state index < -0.39 is 11.7 Å². The molecule has 1 fully saturated rings. The van der Waals surface area contributed by atoms with E-state index in [1.165, 1.54) is 6.07 Å². The molecule has 3 nitrogen and oxygen atoms in total. The molecule has 1 aliphatic rings. The van der Waals surface area contributed by atoms with Gasteiger partial charge in [-0.1, -0.05) is 60.3 Å². The van der Waals surface area contributed by atoms with Crippen molar-refractivity contribution in [1.82, 2.24) is 0 Å². The van der Waals surface area contributed by atoms with Crippen LogP contribution in [0.1, 0.15) is 72.8 Å². The lowest BCUT2D eigenvalue weighted by molar-refractivity contribution is -0.138. The standard InChI is InChI=1S/C23H26ClF3N2O/c1-15(18-8-9-19(13-28)22(24)12-18)29-30-14-16-7-10-20(17-5-3-2-4-6-17)21(11-16)23(25,26)27/h7-12,17H,2-6,13-14,28H2,1H3. The highest BCUT2D eigenvalue weighted by Crippen LogP contribution is 2.41. The second kappa shape index (κ2) is 9.84. The molecule has 2 N–H and O–H groups in total. The molecular formula is C23H26ClF3N2O. The lowest BCUT2D eigenvalue weighted by Gasteiger charge is -2.25. The van der Waals surface area contributed by atoms with Gasteiger partial charge in [0.2, 0.25) is 0 Å². The maximum atomic E-state index is 13.7. The Bertz CT molecular complexity index is 906. The molecule has 0 radical (unpaired) electrons. The number of oxime groups is 1. The molecule has 1 aliphatic carbocycles. The molecule has 2 aromatic rings. The van der Waals surface area contributed by atoms with Gasteiger partial charge < -0.3 is 10.6 Å². The lowest BCUT2D eigenvalue weighted by atomic mass is 9.81. The topological polar surface area (TPSA) is 47.6 Å². The molecule has 0 bridgehead atoms. The van der Waals surface area contributed by atoms with E-state index in [2.05, 4.69) is 5.16 Å². The summed E-state index contributed by atoms with van der Waals surface area (Å²) in [6, 6.07) is 9.90. The summed E-state index contributed by atoms with van der Waals surface area (Å²) in [7, 11) is 0. The van der Waals surface area contributed by atoms with Crippen molar-refractivity contribution in [3.8, 4) is 0 Å². The van der Waals surface area contributed by atoms with E-state index in [0.29, 0.717) is 28.4 Å². The number of nitrogens with zero attached hydrogens (tertiary/aromatic N) is 1. The second-order valence-corrected chi connectivity index (χ2v) is 8.12. The fourth-order valence-electron chi connectivity index (χ4n) is 3.90. The van der Waals surface area contributed by atoms with Crippen molar-refractivity contribution >= 4 is 17.3 Å². The first-order valence-corrected chi connectivity index (χ1v) is 10.5. The predicted molar refractivity (Wildman–Crippen MR) is 114 cm³/mol. The van der Waals surface area contributed by atoms with Crippen LogP contribution < -0.4 is 5.73 Å². The molecule has 30 heavy (non-hydrogen) atoms. The third-order valence-electron chi connectivity index (χ3n) is 5.59. The van der Waals surface area contributed by atoms with E-state index in [1.807, 2.05) is 12.1 Å². The second-order valence-electron chi connectivity index (χ2n) is 7.71. The van der Waals surface area contributed by atoms with Gasteiger partial charge >= 0.3 is 6.18 Å². The van der Waals surface area contributed by atoms with E-state index in [0.717, 1.165) is 43.2 Å². The number of halogens is 4. The van der Waals surface area contributed by atoms with Crippen LogP contribution in [0.3, 0.4) is 0 Å². The Morgan fingerprint density at radius 2 is 1.87 bits per heavy atom. The summed E-state index contributed by atoms with van der Waals surface area (Å²) in [6.45, 7) is 2.05. The Hall–Kier alpha value is -2.05. The fourth-order valence-corrected chi connectivity index (χ4v) is 4.16. The third-order valence-corrected chi connectivity index (χ3v) is 5.94. The van der Waals surface area contributed by atoms with Crippen LogP contribution in [0.5, 0.6) is 0 Å². The summed E-state index contributed by atoms with van der Waals surface area (Å²) < 4.78 is 41.0. The highest BCUT2D eigenvalue weighted by molar-refractivity contribution is 6.31. The largest absolute Gasteiger partial charge is 0.416 e. The molecule has 0 saturated heterocycles. The summed E-state index contributed by atoms with van der Waals surface area (Å²) in [5.74, 6) is -0.0214. The van der Waals surface area contributed by atoms with Gasteiger partial charge in [-0.25, -0.2) is 0 Å². The van der Waals surface area contributed by atoms with Gasteiger partial charge in [-0.2, -0.15) is 13.2 Å². The molecule has 0 unspecified atom stereocenters. The summed E-state index contributed by atoms with van der Waals surface area (Å²) in [5, 5.41) is 4.58. The van der Waals surface area contributed by atoms with Crippen molar-refractivity contribution in [3.05, 3.63) is 69.2 Å². The van der Waals surface area contributed by atoms with Gasteiger partial charge in [0.25, 0.3) is 0 Å². The van der Waals surface area contributed by atoms with Crippen LogP contribution in [0.25, 0.3) is 0 Å². The maximum absolute atomic E-state index is 13.7. The van der Waals surface area contributed by atoms with E-state index in [-0.39, 0.29) is 12.5 Å². The van der Waals surface area contributed by atoms with Gasteiger partial charge in [-0.15, -0.1) is 0 Å². The number of alkyl halides is 3. The molecule has 0 heterocycles. The lowest BCUT2D eigenvalue weighted by Crippen LogP contribution is -2.15. The Balaban J connectivity index is 1.73. The monoisotopic (exact) mass is 438 g/mol. The van der Waals surface area contributed by atoms with Crippen LogP contribution in [0.2, 0.25) is 5.02 Å². The van der Waals surface area contributed by atoms with Gasteiger partial charge in [0.05, 0.1) is 11.3 Å². The normalized spacial score (nSPS) is 16.0. The van der Waals surface area contributed by atoms with Crippen LogP contribution >= 0.6 is 11.6 Å². The van der Waals surface area contributed by atoms with E-state index in [9.17, 15) is 13.2 Å². The van der Waals surface area contributed by atoms with Crippen LogP contribution in [0.4, 0.5) is 13.2 Å². The zero-order valence-electron chi connectivity index (χ0n) is 16.9. The molecule has 3 rings (SSSR count). The summed E-state index contributed by atoms with van der Waals surface area (Å²) in [5.41, 5.74) is 8.06. The molecule has 0 atom stereocenters. The minimum atomic E-state index is -4.39. The Kier molecular flexibility index (Phi) is 7.42. The zero-order valence-corrected chi connectivity index (χ0v) is 17.7. The fraction of sp³-hybridized carbons (Fsp3) is 0.435. The van der Waals surface area contributed by atoms with Crippen LogP contribution in [0.15, 0.2) is 41.6 Å². The molecule has 0 aliphatic heterocycles. The highest BCUT2D eigenvalue weighted by atomic mass is 35.5. The molecule has 0 spiro atoms. The molecule has 162 valence electrons.